The number of carboxylic acid groups (broad SMARTS) is 1. The zero-order chi connectivity index (χ0) is 22.0. The molecule has 0 heterocycles. The van der Waals surface area contributed by atoms with E-state index in [0.29, 0.717) is 24.7 Å². The lowest BCUT2D eigenvalue weighted by atomic mass is 9.85. The highest BCUT2D eigenvalue weighted by atomic mass is 16.4. The first-order valence-corrected chi connectivity index (χ1v) is 12.0. The number of carbonyl (C=O) groups is 1. The van der Waals surface area contributed by atoms with E-state index in [-0.39, 0.29) is 18.4 Å². The van der Waals surface area contributed by atoms with Crippen molar-refractivity contribution < 1.29 is 25.2 Å². The van der Waals surface area contributed by atoms with E-state index < -0.39 is 17.7 Å². The Balaban J connectivity index is 1.81. The Bertz CT molecular complexity index is 568. The molecule has 2 aliphatic carbocycles. The molecule has 2 aliphatic rings. The van der Waals surface area contributed by atoms with Crippen LogP contribution in [-0.2, 0) is 4.79 Å². The molecule has 0 aliphatic heterocycles. The maximum absolute atomic E-state index is 11.2. The Hall–Kier alpha value is -1.17. The van der Waals surface area contributed by atoms with E-state index in [2.05, 4.69) is 19.1 Å². The highest BCUT2D eigenvalue weighted by Crippen LogP contribution is 2.45. The fourth-order valence-electron chi connectivity index (χ4n) is 4.83. The lowest BCUT2D eigenvalue weighted by Crippen LogP contribution is -2.30. The molecule has 0 aromatic heterocycles. The molecule has 0 aromatic rings. The monoisotopic (exact) mass is 422 g/mol. The highest BCUT2D eigenvalue weighted by Gasteiger charge is 2.42. The molecule has 2 rings (SSSR count). The summed E-state index contributed by atoms with van der Waals surface area (Å²) < 4.78 is 0. The number of hydrogen-bond donors (Lipinski definition) is 4. The molecule has 0 spiro atoms. The first-order valence-electron chi connectivity index (χ1n) is 12.0. The zero-order valence-electron chi connectivity index (χ0n) is 18.6. The van der Waals surface area contributed by atoms with Gasteiger partial charge >= 0.3 is 5.97 Å². The van der Waals surface area contributed by atoms with E-state index in [1.165, 1.54) is 19.3 Å². The summed E-state index contributed by atoms with van der Waals surface area (Å²) >= 11 is 0. The summed E-state index contributed by atoms with van der Waals surface area (Å²) in [6, 6.07) is 0. The van der Waals surface area contributed by atoms with E-state index in [0.717, 1.165) is 44.9 Å². The van der Waals surface area contributed by atoms with Gasteiger partial charge in [0.05, 0.1) is 24.2 Å². The van der Waals surface area contributed by atoms with Crippen LogP contribution in [0.5, 0.6) is 0 Å². The number of aliphatic hydroxyl groups excluding tert-OH is 2. The number of carboxylic acids is 1. The van der Waals surface area contributed by atoms with Crippen molar-refractivity contribution in [3.63, 3.8) is 0 Å². The SMILES string of the molecule is CCCCCCC(O)(CC=C[C@@H]1[C@@H](CC=CCC(O)CC(=O)O)CC[C@H]1O)C1CC1. The van der Waals surface area contributed by atoms with Gasteiger partial charge in [-0.15, -0.1) is 0 Å². The van der Waals surface area contributed by atoms with Crippen LogP contribution in [0, 0.1) is 17.8 Å². The van der Waals surface area contributed by atoms with Crippen LogP contribution in [0.25, 0.3) is 0 Å². The van der Waals surface area contributed by atoms with Gasteiger partial charge in [-0.1, -0.05) is 56.9 Å². The third-order valence-electron chi connectivity index (χ3n) is 6.88. The number of allylic oxidation sites excluding steroid dienone is 1. The van der Waals surface area contributed by atoms with Crippen LogP contribution >= 0.6 is 0 Å². The maximum atomic E-state index is 11.2. The van der Waals surface area contributed by atoms with Crippen molar-refractivity contribution >= 4 is 5.97 Å². The van der Waals surface area contributed by atoms with Gasteiger partial charge < -0.3 is 20.4 Å². The second-order valence-electron chi connectivity index (χ2n) is 9.50. The van der Waals surface area contributed by atoms with E-state index >= 15 is 0 Å². The summed E-state index contributed by atoms with van der Waals surface area (Å²) in [5.41, 5.74) is -0.580. The molecular weight excluding hydrogens is 380 g/mol. The first-order chi connectivity index (χ1) is 14.4. The second kappa shape index (κ2) is 12.6. The van der Waals surface area contributed by atoms with Crippen molar-refractivity contribution in [3.05, 3.63) is 24.3 Å². The van der Waals surface area contributed by atoms with Crippen molar-refractivity contribution in [1.29, 1.82) is 0 Å². The van der Waals surface area contributed by atoms with Crippen LogP contribution in [0.2, 0.25) is 0 Å². The van der Waals surface area contributed by atoms with E-state index in [1.807, 2.05) is 12.2 Å². The summed E-state index contributed by atoms with van der Waals surface area (Å²) in [7, 11) is 0. The number of aliphatic hydroxyl groups is 3. The molecule has 0 radical (unpaired) electrons. The topological polar surface area (TPSA) is 98.0 Å². The Morgan fingerprint density at radius 2 is 1.87 bits per heavy atom. The predicted molar refractivity (Wildman–Crippen MR) is 119 cm³/mol. The number of rotatable bonds is 15. The van der Waals surface area contributed by atoms with Gasteiger partial charge in [0.1, 0.15) is 0 Å². The number of aliphatic carboxylic acids is 1. The first kappa shape index (κ1) is 25.1. The molecule has 30 heavy (non-hydrogen) atoms. The molecule has 2 unspecified atom stereocenters. The zero-order valence-corrected chi connectivity index (χ0v) is 18.6. The highest BCUT2D eigenvalue weighted by molar-refractivity contribution is 5.67. The molecule has 5 heteroatoms. The van der Waals surface area contributed by atoms with E-state index in [1.54, 1.807) is 0 Å². The maximum Gasteiger partial charge on any atom is 0.305 e. The fourth-order valence-corrected chi connectivity index (χ4v) is 4.83. The smallest absolute Gasteiger partial charge is 0.305 e. The molecule has 0 aromatic carbocycles. The largest absolute Gasteiger partial charge is 0.481 e. The van der Waals surface area contributed by atoms with Gasteiger partial charge in [0.15, 0.2) is 0 Å². The van der Waals surface area contributed by atoms with Crippen LogP contribution < -0.4 is 0 Å². The van der Waals surface area contributed by atoms with E-state index in [4.69, 9.17) is 5.11 Å². The molecule has 0 saturated heterocycles. The predicted octanol–water partition coefficient (Wildman–Crippen LogP) is 4.60. The third kappa shape index (κ3) is 8.52. The second-order valence-corrected chi connectivity index (χ2v) is 9.50. The van der Waals surface area contributed by atoms with Crippen LogP contribution in [0.15, 0.2) is 24.3 Å². The van der Waals surface area contributed by atoms with Crippen molar-refractivity contribution in [2.75, 3.05) is 0 Å². The molecule has 4 N–H and O–H groups in total. The molecule has 172 valence electrons. The van der Waals surface area contributed by atoms with Gasteiger partial charge in [-0.25, -0.2) is 0 Å². The normalized spacial score (nSPS) is 27.7. The quantitative estimate of drug-likeness (QED) is 0.228. The van der Waals surface area contributed by atoms with Crippen LogP contribution in [0.1, 0.15) is 90.4 Å². The number of hydrogen-bond acceptors (Lipinski definition) is 4. The van der Waals surface area contributed by atoms with Gasteiger partial charge in [-0.2, -0.15) is 0 Å². The number of unbranched alkanes of at least 4 members (excludes halogenated alkanes) is 3. The lowest BCUT2D eigenvalue weighted by Gasteiger charge is -2.27. The molecule has 0 amide bonds. The summed E-state index contributed by atoms with van der Waals surface area (Å²) in [4.78, 5) is 10.6. The lowest BCUT2D eigenvalue weighted by molar-refractivity contribution is -0.139. The molecule has 0 bridgehead atoms. The minimum absolute atomic E-state index is 0.0992. The Labute approximate surface area is 181 Å². The van der Waals surface area contributed by atoms with Gasteiger partial charge in [-0.3, -0.25) is 4.79 Å². The van der Waals surface area contributed by atoms with Crippen molar-refractivity contribution in [2.24, 2.45) is 17.8 Å². The summed E-state index contributed by atoms with van der Waals surface area (Å²) in [5, 5.41) is 39.9. The molecular formula is C25H42O5. The van der Waals surface area contributed by atoms with Crippen LogP contribution in [0.3, 0.4) is 0 Å². The molecule has 2 saturated carbocycles. The Kier molecular flexibility index (Phi) is 10.6. The van der Waals surface area contributed by atoms with Crippen molar-refractivity contribution in [2.45, 2.75) is 108 Å². The standard InChI is InChI=1S/C25H42O5/c1-2-3-4-7-16-25(30,20-13-14-20)17-8-11-22-19(12-15-23(22)27)9-5-6-10-21(26)18-24(28)29/h5-6,8,11,19-23,26-27,30H,2-4,7,9-10,12-18H2,1H3,(H,28,29)/t19-,21?,22+,23+,25?/m0/s1. The molecule has 5 nitrogen and oxygen atoms in total. The summed E-state index contributed by atoms with van der Waals surface area (Å²) in [5.74, 6) is -0.102. The minimum Gasteiger partial charge on any atom is -0.481 e. The Morgan fingerprint density at radius 3 is 2.53 bits per heavy atom. The van der Waals surface area contributed by atoms with Crippen LogP contribution in [-0.4, -0.2) is 44.2 Å². The summed E-state index contributed by atoms with van der Waals surface area (Å²) in [6.07, 6.45) is 18.1. The van der Waals surface area contributed by atoms with Gasteiger partial charge in [0, 0.05) is 5.92 Å². The van der Waals surface area contributed by atoms with Gasteiger partial charge in [0.25, 0.3) is 0 Å². The fraction of sp³-hybridized carbons (Fsp3) is 0.800. The summed E-state index contributed by atoms with van der Waals surface area (Å²) in [6.45, 7) is 2.20. The Morgan fingerprint density at radius 1 is 1.10 bits per heavy atom. The van der Waals surface area contributed by atoms with Crippen LogP contribution in [0.4, 0.5) is 0 Å². The van der Waals surface area contributed by atoms with Gasteiger partial charge in [0.2, 0.25) is 0 Å². The molecule has 2 fully saturated rings. The van der Waals surface area contributed by atoms with Gasteiger partial charge in [-0.05, 0) is 63.2 Å². The van der Waals surface area contributed by atoms with Crippen molar-refractivity contribution in [3.8, 4) is 0 Å². The minimum atomic E-state index is -0.989. The van der Waals surface area contributed by atoms with Crippen molar-refractivity contribution in [1.82, 2.24) is 0 Å². The average Bonchev–Trinajstić information content (AvgIpc) is 3.49. The van der Waals surface area contributed by atoms with E-state index in [9.17, 15) is 20.1 Å². The molecule has 5 atom stereocenters. The third-order valence-corrected chi connectivity index (χ3v) is 6.88. The average molecular weight is 423 g/mol.